The minimum Gasteiger partial charge on any atom is -0.346 e. The van der Waals surface area contributed by atoms with Crippen LogP contribution in [0.1, 0.15) is 13.3 Å². The Kier molecular flexibility index (Phi) is 7.89. The molecule has 1 N–H and O–H groups in total. The zero-order valence-corrected chi connectivity index (χ0v) is 15.2. The maximum atomic E-state index is 12.5. The van der Waals surface area contributed by atoms with Gasteiger partial charge in [-0.25, -0.2) is 4.98 Å². The molecule has 0 radical (unpaired) electrons. The van der Waals surface area contributed by atoms with Crippen molar-refractivity contribution in [1.82, 2.24) is 15.2 Å². The smallest absolute Gasteiger partial charge is 0.225 e. The number of rotatable bonds is 3. The Labute approximate surface area is 148 Å². The van der Waals surface area contributed by atoms with Gasteiger partial charge in [0.15, 0.2) is 5.13 Å². The molecule has 2 aliphatic heterocycles. The third kappa shape index (κ3) is 4.25. The van der Waals surface area contributed by atoms with E-state index < -0.39 is 0 Å². The van der Waals surface area contributed by atoms with E-state index in [0.29, 0.717) is 11.8 Å². The maximum Gasteiger partial charge on any atom is 0.225 e. The lowest BCUT2D eigenvalue weighted by atomic mass is 9.88. The molecule has 1 aromatic rings. The fourth-order valence-electron chi connectivity index (χ4n) is 2.86. The third-order valence-electron chi connectivity index (χ3n) is 4.41. The SMILES string of the molecule is CC(C(=O)N1CCCN(c2nccs2)CC1)C1CNC1.Cl.Cl. The van der Waals surface area contributed by atoms with Crippen LogP contribution in [0.25, 0.3) is 0 Å². The molecule has 0 aromatic carbocycles. The van der Waals surface area contributed by atoms with Gasteiger partial charge in [0.1, 0.15) is 0 Å². The molecule has 1 aromatic heterocycles. The summed E-state index contributed by atoms with van der Waals surface area (Å²) < 4.78 is 0. The summed E-state index contributed by atoms with van der Waals surface area (Å²) in [6.45, 7) is 7.66. The standard InChI is InChI=1S/C14H22N4OS.2ClH/c1-11(12-9-15-10-12)13(19)17-4-2-5-18(7-6-17)14-16-3-8-20-14;;/h3,8,11-12,15H,2,4-7,9-10H2,1H3;2*1H. The lowest BCUT2D eigenvalue weighted by molar-refractivity contribution is -0.137. The molecule has 1 unspecified atom stereocenters. The largest absolute Gasteiger partial charge is 0.346 e. The molecule has 126 valence electrons. The Balaban J connectivity index is 0.00000121. The van der Waals surface area contributed by atoms with Gasteiger partial charge in [0.2, 0.25) is 5.91 Å². The van der Waals surface area contributed by atoms with Gasteiger partial charge in [0.25, 0.3) is 0 Å². The van der Waals surface area contributed by atoms with Crippen molar-refractivity contribution in [3.05, 3.63) is 11.6 Å². The molecule has 3 heterocycles. The second-order valence-corrected chi connectivity index (χ2v) is 6.56. The number of halogens is 2. The van der Waals surface area contributed by atoms with Crippen LogP contribution < -0.4 is 10.2 Å². The van der Waals surface area contributed by atoms with Gasteiger partial charge in [-0.05, 0) is 25.4 Å². The molecular formula is C14H24Cl2N4OS. The zero-order chi connectivity index (χ0) is 13.9. The minimum absolute atomic E-state index is 0. The number of amides is 1. The first-order valence-electron chi connectivity index (χ1n) is 7.39. The molecule has 1 atom stereocenters. The fraction of sp³-hybridized carbons (Fsp3) is 0.714. The van der Waals surface area contributed by atoms with Crippen molar-refractivity contribution < 1.29 is 4.79 Å². The van der Waals surface area contributed by atoms with E-state index in [1.54, 1.807) is 11.3 Å². The zero-order valence-electron chi connectivity index (χ0n) is 12.7. The van der Waals surface area contributed by atoms with Gasteiger partial charge in [0, 0.05) is 43.7 Å². The van der Waals surface area contributed by atoms with E-state index in [9.17, 15) is 4.79 Å². The second kappa shape index (κ2) is 8.91. The van der Waals surface area contributed by atoms with Gasteiger partial charge in [-0.2, -0.15) is 0 Å². The molecule has 3 rings (SSSR count). The molecule has 2 aliphatic rings. The molecule has 0 spiro atoms. The monoisotopic (exact) mass is 366 g/mol. The third-order valence-corrected chi connectivity index (χ3v) is 5.24. The van der Waals surface area contributed by atoms with Crippen LogP contribution in [0.15, 0.2) is 11.6 Å². The molecule has 5 nitrogen and oxygen atoms in total. The summed E-state index contributed by atoms with van der Waals surface area (Å²) in [6.07, 6.45) is 2.88. The number of hydrogen-bond donors (Lipinski definition) is 1. The number of carbonyl (C=O) groups is 1. The van der Waals surface area contributed by atoms with Crippen molar-refractivity contribution >= 4 is 47.2 Å². The first-order chi connectivity index (χ1) is 9.75. The molecule has 8 heteroatoms. The summed E-state index contributed by atoms with van der Waals surface area (Å²) in [5.74, 6) is 1.01. The topological polar surface area (TPSA) is 48.5 Å². The van der Waals surface area contributed by atoms with Crippen LogP contribution >= 0.6 is 36.2 Å². The fourth-order valence-corrected chi connectivity index (χ4v) is 3.55. The molecule has 22 heavy (non-hydrogen) atoms. The van der Waals surface area contributed by atoms with Crippen molar-refractivity contribution in [3.8, 4) is 0 Å². The van der Waals surface area contributed by atoms with E-state index in [4.69, 9.17) is 0 Å². The molecule has 2 saturated heterocycles. The van der Waals surface area contributed by atoms with E-state index in [0.717, 1.165) is 50.8 Å². The maximum absolute atomic E-state index is 12.5. The number of carbonyl (C=O) groups excluding carboxylic acids is 1. The number of aromatic nitrogens is 1. The van der Waals surface area contributed by atoms with Crippen molar-refractivity contribution in [3.63, 3.8) is 0 Å². The Bertz CT molecular complexity index is 456. The average Bonchev–Trinajstić information content (AvgIpc) is 2.81. The molecule has 1 amide bonds. The highest BCUT2D eigenvalue weighted by Crippen LogP contribution is 2.22. The number of anilines is 1. The van der Waals surface area contributed by atoms with Gasteiger partial charge in [-0.3, -0.25) is 4.79 Å². The number of nitrogens with zero attached hydrogens (tertiary/aromatic N) is 3. The van der Waals surface area contributed by atoms with E-state index >= 15 is 0 Å². The highest BCUT2D eigenvalue weighted by Gasteiger charge is 2.32. The van der Waals surface area contributed by atoms with Crippen LogP contribution in [0.5, 0.6) is 0 Å². The van der Waals surface area contributed by atoms with Crippen LogP contribution in [0, 0.1) is 11.8 Å². The summed E-state index contributed by atoms with van der Waals surface area (Å²) in [5, 5.41) is 6.34. The van der Waals surface area contributed by atoms with Crippen LogP contribution in [-0.2, 0) is 4.79 Å². The van der Waals surface area contributed by atoms with Gasteiger partial charge in [-0.15, -0.1) is 36.2 Å². The average molecular weight is 367 g/mol. The summed E-state index contributed by atoms with van der Waals surface area (Å²) in [7, 11) is 0. The van der Waals surface area contributed by atoms with Gasteiger partial charge in [-0.1, -0.05) is 6.92 Å². The Morgan fingerprint density at radius 1 is 1.32 bits per heavy atom. The van der Waals surface area contributed by atoms with E-state index in [-0.39, 0.29) is 30.7 Å². The Hall–Kier alpha value is -0.560. The minimum atomic E-state index is 0. The van der Waals surface area contributed by atoms with Crippen LogP contribution in [-0.4, -0.2) is 55.1 Å². The van der Waals surface area contributed by atoms with Crippen molar-refractivity contribution in [2.45, 2.75) is 13.3 Å². The lowest BCUT2D eigenvalue weighted by Gasteiger charge is -2.34. The van der Waals surface area contributed by atoms with E-state index in [1.807, 2.05) is 11.6 Å². The second-order valence-electron chi connectivity index (χ2n) is 5.69. The molecular weight excluding hydrogens is 343 g/mol. The first-order valence-corrected chi connectivity index (χ1v) is 8.27. The lowest BCUT2D eigenvalue weighted by Crippen LogP contribution is -2.50. The number of hydrogen-bond acceptors (Lipinski definition) is 5. The van der Waals surface area contributed by atoms with E-state index in [2.05, 4.69) is 27.0 Å². The summed E-state index contributed by atoms with van der Waals surface area (Å²) in [5.41, 5.74) is 0. The van der Waals surface area contributed by atoms with Gasteiger partial charge < -0.3 is 15.1 Å². The highest BCUT2D eigenvalue weighted by molar-refractivity contribution is 7.13. The van der Waals surface area contributed by atoms with Crippen LogP contribution in [0.4, 0.5) is 5.13 Å². The predicted molar refractivity (Wildman–Crippen MR) is 95.5 cm³/mol. The molecule has 0 aliphatic carbocycles. The Morgan fingerprint density at radius 2 is 2.09 bits per heavy atom. The van der Waals surface area contributed by atoms with Gasteiger partial charge in [0.05, 0.1) is 0 Å². The first kappa shape index (κ1) is 19.5. The summed E-state index contributed by atoms with van der Waals surface area (Å²) in [4.78, 5) is 21.3. The van der Waals surface area contributed by atoms with Crippen LogP contribution in [0.3, 0.4) is 0 Å². The summed E-state index contributed by atoms with van der Waals surface area (Å²) in [6, 6.07) is 0. The normalized spacial score (nSPS) is 20.2. The Morgan fingerprint density at radius 3 is 2.68 bits per heavy atom. The summed E-state index contributed by atoms with van der Waals surface area (Å²) >= 11 is 1.68. The quantitative estimate of drug-likeness (QED) is 0.886. The molecule has 0 saturated carbocycles. The molecule has 0 bridgehead atoms. The van der Waals surface area contributed by atoms with Crippen molar-refractivity contribution in [1.29, 1.82) is 0 Å². The number of thiazole rings is 1. The van der Waals surface area contributed by atoms with Crippen molar-refractivity contribution in [2.24, 2.45) is 11.8 Å². The highest BCUT2D eigenvalue weighted by atomic mass is 35.5. The number of nitrogens with one attached hydrogen (secondary N) is 1. The predicted octanol–water partition coefficient (Wildman–Crippen LogP) is 1.88. The van der Waals surface area contributed by atoms with E-state index in [1.165, 1.54) is 0 Å². The van der Waals surface area contributed by atoms with Gasteiger partial charge >= 0.3 is 0 Å². The van der Waals surface area contributed by atoms with Crippen molar-refractivity contribution in [2.75, 3.05) is 44.2 Å². The molecule has 2 fully saturated rings. The van der Waals surface area contributed by atoms with Crippen LogP contribution in [0.2, 0.25) is 0 Å².